The smallest absolute Gasteiger partial charge is 0.325 e. The van der Waals surface area contributed by atoms with Crippen molar-refractivity contribution in [3.05, 3.63) is 17.5 Å². The molecule has 3 rings (SSSR count). The molecule has 21 heavy (non-hydrogen) atoms. The van der Waals surface area contributed by atoms with E-state index in [0.717, 1.165) is 23.4 Å². The van der Waals surface area contributed by atoms with Crippen molar-refractivity contribution >= 4 is 17.8 Å². The van der Waals surface area contributed by atoms with Crippen molar-refractivity contribution in [2.75, 3.05) is 19.6 Å². The maximum atomic E-state index is 12.4. The number of carbonyl (C=O) groups excluding carboxylic acids is 3. The molecule has 1 N–H and O–H groups in total. The molecule has 0 saturated carbocycles. The number of nitrogens with zero attached hydrogens (tertiary/aromatic N) is 3. The number of rotatable bonds is 3. The van der Waals surface area contributed by atoms with Crippen molar-refractivity contribution in [1.29, 1.82) is 0 Å². The fourth-order valence-electron chi connectivity index (χ4n) is 2.74. The molecule has 0 radical (unpaired) electrons. The first-order chi connectivity index (χ1) is 10.1. The Balaban J connectivity index is 1.71. The third-order valence-electron chi connectivity index (χ3n) is 3.78. The van der Waals surface area contributed by atoms with E-state index in [9.17, 15) is 14.4 Å². The van der Waals surface area contributed by atoms with Gasteiger partial charge in [-0.25, -0.2) is 4.79 Å². The molecule has 2 aliphatic heterocycles. The minimum atomic E-state index is -0.514. The predicted octanol–water partition coefficient (Wildman–Crippen LogP) is 0.198. The Morgan fingerprint density at radius 1 is 1.52 bits per heavy atom. The van der Waals surface area contributed by atoms with Crippen molar-refractivity contribution in [1.82, 2.24) is 20.3 Å². The maximum absolute atomic E-state index is 12.4. The van der Waals surface area contributed by atoms with Gasteiger partial charge in [-0.3, -0.25) is 14.5 Å². The van der Waals surface area contributed by atoms with Gasteiger partial charge < -0.3 is 14.7 Å². The van der Waals surface area contributed by atoms with Crippen molar-refractivity contribution in [2.45, 2.75) is 25.8 Å². The summed E-state index contributed by atoms with van der Waals surface area (Å²) < 4.78 is 5.24. The number of aromatic nitrogens is 1. The van der Waals surface area contributed by atoms with Gasteiger partial charge in [-0.2, -0.15) is 0 Å². The van der Waals surface area contributed by atoms with Gasteiger partial charge in [0.2, 0.25) is 5.91 Å². The predicted molar refractivity (Wildman–Crippen MR) is 70.0 cm³/mol. The molecule has 0 aliphatic carbocycles. The van der Waals surface area contributed by atoms with E-state index in [1.54, 1.807) is 4.90 Å². The van der Waals surface area contributed by atoms with Gasteiger partial charge >= 0.3 is 6.03 Å². The van der Waals surface area contributed by atoms with Gasteiger partial charge in [0.1, 0.15) is 6.54 Å². The van der Waals surface area contributed by atoms with Crippen LogP contribution in [0.25, 0.3) is 0 Å². The molecule has 1 unspecified atom stereocenters. The second-order valence-corrected chi connectivity index (χ2v) is 5.25. The first-order valence-corrected chi connectivity index (χ1v) is 6.87. The second-order valence-electron chi connectivity index (χ2n) is 5.25. The van der Waals surface area contributed by atoms with Gasteiger partial charge in [0.15, 0.2) is 5.76 Å². The normalized spacial score (nSPS) is 22.0. The van der Waals surface area contributed by atoms with Gasteiger partial charge in [-0.05, 0) is 19.8 Å². The van der Waals surface area contributed by atoms with Crippen molar-refractivity contribution < 1.29 is 18.9 Å². The average molecular weight is 292 g/mol. The Morgan fingerprint density at radius 2 is 2.33 bits per heavy atom. The summed E-state index contributed by atoms with van der Waals surface area (Å²) in [5.74, 6) is 0.0205. The highest BCUT2D eigenvalue weighted by Crippen LogP contribution is 2.32. The molecular weight excluding hydrogens is 276 g/mol. The van der Waals surface area contributed by atoms with Crippen molar-refractivity contribution in [3.8, 4) is 0 Å². The summed E-state index contributed by atoms with van der Waals surface area (Å²) in [4.78, 5) is 38.0. The summed E-state index contributed by atoms with van der Waals surface area (Å²) in [5, 5.41) is 6.24. The molecule has 3 heterocycles. The minimum absolute atomic E-state index is 0.0448. The fraction of sp³-hybridized carbons (Fsp3) is 0.538. The van der Waals surface area contributed by atoms with E-state index in [-0.39, 0.29) is 30.9 Å². The summed E-state index contributed by atoms with van der Waals surface area (Å²) in [5.41, 5.74) is 0.762. The van der Waals surface area contributed by atoms with Crippen LogP contribution >= 0.6 is 0 Å². The molecule has 0 bridgehead atoms. The monoisotopic (exact) mass is 292 g/mol. The Morgan fingerprint density at radius 3 is 2.95 bits per heavy atom. The quantitative estimate of drug-likeness (QED) is 0.803. The zero-order chi connectivity index (χ0) is 15.0. The van der Waals surface area contributed by atoms with E-state index in [2.05, 4.69) is 10.5 Å². The third kappa shape index (κ3) is 2.48. The van der Waals surface area contributed by atoms with E-state index < -0.39 is 6.03 Å². The van der Waals surface area contributed by atoms with Crippen LogP contribution < -0.4 is 5.32 Å². The number of aryl methyl sites for hydroxylation is 1. The number of hydrogen-bond donors (Lipinski definition) is 1. The molecule has 112 valence electrons. The summed E-state index contributed by atoms with van der Waals surface area (Å²) in [7, 11) is 0. The Bertz CT molecular complexity index is 581. The number of imide groups is 1. The molecule has 2 fully saturated rings. The van der Waals surface area contributed by atoms with E-state index in [4.69, 9.17) is 4.52 Å². The second kappa shape index (κ2) is 5.19. The molecule has 4 amide bonds. The van der Waals surface area contributed by atoms with Gasteiger partial charge in [0.25, 0.3) is 5.91 Å². The number of amides is 4. The lowest BCUT2D eigenvalue weighted by Crippen LogP contribution is -2.42. The Kier molecular flexibility index (Phi) is 3.36. The van der Waals surface area contributed by atoms with Gasteiger partial charge in [-0.1, -0.05) is 5.16 Å². The molecule has 8 nitrogen and oxygen atoms in total. The van der Waals surface area contributed by atoms with Crippen LogP contribution in [0.2, 0.25) is 0 Å². The number of nitrogens with one attached hydrogen (secondary N) is 1. The average Bonchev–Trinajstić information content (AvgIpc) is 3.14. The van der Waals surface area contributed by atoms with Crippen molar-refractivity contribution in [3.63, 3.8) is 0 Å². The van der Waals surface area contributed by atoms with Crippen LogP contribution in [0.5, 0.6) is 0 Å². The van der Waals surface area contributed by atoms with Gasteiger partial charge in [0.05, 0.1) is 18.3 Å². The van der Waals surface area contributed by atoms with Crippen LogP contribution in [0.3, 0.4) is 0 Å². The van der Waals surface area contributed by atoms with E-state index in [1.165, 1.54) is 0 Å². The van der Waals surface area contributed by atoms with Crippen LogP contribution in [0.4, 0.5) is 4.79 Å². The molecule has 2 saturated heterocycles. The lowest BCUT2D eigenvalue weighted by Gasteiger charge is -2.24. The molecule has 2 aliphatic rings. The molecule has 1 aromatic heterocycles. The van der Waals surface area contributed by atoms with Gasteiger partial charge in [-0.15, -0.1) is 0 Å². The third-order valence-corrected chi connectivity index (χ3v) is 3.78. The molecule has 0 aromatic carbocycles. The Hall–Kier alpha value is -2.38. The molecule has 0 spiro atoms. The van der Waals surface area contributed by atoms with E-state index in [0.29, 0.717) is 12.3 Å². The lowest BCUT2D eigenvalue weighted by molar-refractivity contribution is -0.137. The molecule has 1 atom stereocenters. The van der Waals surface area contributed by atoms with Crippen LogP contribution in [-0.4, -0.2) is 52.4 Å². The highest BCUT2D eigenvalue weighted by atomic mass is 16.5. The zero-order valence-corrected chi connectivity index (χ0v) is 11.7. The zero-order valence-electron chi connectivity index (χ0n) is 11.7. The summed E-state index contributed by atoms with van der Waals surface area (Å²) in [6.45, 7) is 2.14. The maximum Gasteiger partial charge on any atom is 0.325 e. The molecule has 1 aromatic rings. The molecular formula is C13H16N4O4. The summed E-state index contributed by atoms with van der Waals surface area (Å²) >= 11 is 0. The van der Waals surface area contributed by atoms with Crippen LogP contribution in [0, 0.1) is 6.92 Å². The van der Waals surface area contributed by atoms with Crippen LogP contribution in [0.1, 0.15) is 30.3 Å². The highest BCUT2D eigenvalue weighted by Gasteiger charge is 2.36. The number of carbonyl (C=O) groups is 3. The number of likely N-dealkylation sites (tertiary alicyclic amines) is 1. The number of hydrogen-bond acceptors (Lipinski definition) is 5. The summed E-state index contributed by atoms with van der Waals surface area (Å²) in [6, 6.07) is 1.13. The number of urea groups is 1. The van der Waals surface area contributed by atoms with E-state index >= 15 is 0 Å². The largest absolute Gasteiger partial charge is 0.359 e. The fourth-order valence-corrected chi connectivity index (χ4v) is 2.74. The van der Waals surface area contributed by atoms with Crippen LogP contribution in [-0.2, 0) is 9.59 Å². The highest BCUT2D eigenvalue weighted by molar-refractivity contribution is 6.04. The molecule has 8 heteroatoms. The summed E-state index contributed by atoms with van der Waals surface area (Å²) in [6.07, 6.45) is 1.65. The van der Waals surface area contributed by atoms with E-state index in [1.807, 2.05) is 13.0 Å². The Labute approximate surface area is 121 Å². The SMILES string of the molecule is Cc1cc(C2CCCN2C(=O)CN2C(=O)CNC2=O)on1. The van der Waals surface area contributed by atoms with Crippen LogP contribution in [0.15, 0.2) is 10.6 Å². The first kappa shape index (κ1) is 13.6. The topological polar surface area (TPSA) is 95.8 Å². The first-order valence-electron chi connectivity index (χ1n) is 6.87. The van der Waals surface area contributed by atoms with Gasteiger partial charge in [0, 0.05) is 12.6 Å². The standard InChI is InChI=1S/C13H16N4O4/c1-8-5-10(21-15-8)9-3-2-4-16(9)12(19)7-17-11(18)6-14-13(17)20/h5,9H,2-4,6-7H2,1H3,(H,14,20). The minimum Gasteiger partial charge on any atom is -0.359 e. The lowest BCUT2D eigenvalue weighted by atomic mass is 10.1. The van der Waals surface area contributed by atoms with Crippen molar-refractivity contribution in [2.24, 2.45) is 0 Å².